The van der Waals surface area contributed by atoms with Crippen LogP contribution in [0.25, 0.3) is 0 Å². The Balaban J connectivity index is 2.70. The molecular formula is C11H16BrN. The first kappa shape index (κ1) is 10.7. The van der Waals surface area contributed by atoms with Crippen LogP contribution in [0, 0.1) is 6.92 Å². The number of nitrogens with two attached hydrogens (primary N) is 1. The lowest BCUT2D eigenvalue weighted by molar-refractivity contribution is 0.664. The highest BCUT2D eigenvalue weighted by Gasteiger charge is 2.01. The van der Waals surface area contributed by atoms with Gasteiger partial charge in [0.05, 0.1) is 0 Å². The van der Waals surface area contributed by atoms with Crippen LogP contribution in [0.2, 0.25) is 0 Å². The van der Waals surface area contributed by atoms with Gasteiger partial charge in [-0.15, -0.1) is 0 Å². The first-order valence-electron chi connectivity index (χ1n) is 4.60. The molecule has 0 spiro atoms. The molecule has 1 unspecified atom stereocenters. The minimum Gasteiger partial charge on any atom is -0.328 e. The lowest BCUT2D eigenvalue weighted by Crippen LogP contribution is -2.15. The van der Waals surface area contributed by atoms with Gasteiger partial charge in [-0.1, -0.05) is 22.0 Å². The molecule has 2 heteroatoms. The van der Waals surface area contributed by atoms with E-state index in [0.717, 1.165) is 17.3 Å². The molecule has 1 aromatic rings. The minimum absolute atomic E-state index is 0.290. The van der Waals surface area contributed by atoms with Crippen molar-refractivity contribution in [1.82, 2.24) is 0 Å². The van der Waals surface area contributed by atoms with Gasteiger partial charge in [0, 0.05) is 10.5 Å². The summed E-state index contributed by atoms with van der Waals surface area (Å²) in [5.74, 6) is 0. The molecule has 0 saturated carbocycles. The highest BCUT2D eigenvalue weighted by atomic mass is 79.9. The molecule has 0 fully saturated rings. The van der Waals surface area contributed by atoms with Crippen molar-refractivity contribution in [2.75, 3.05) is 0 Å². The largest absolute Gasteiger partial charge is 0.328 e. The highest BCUT2D eigenvalue weighted by Crippen LogP contribution is 2.17. The summed E-state index contributed by atoms with van der Waals surface area (Å²) in [6.45, 7) is 4.19. The zero-order chi connectivity index (χ0) is 9.84. The lowest BCUT2D eigenvalue weighted by Gasteiger charge is -2.08. The Labute approximate surface area is 88.5 Å². The summed E-state index contributed by atoms with van der Waals surface area (Å²) in [5, 5.41) is 0. The molecule has 1 nitrogen and oxygen atoms in total. The fourth-order valence-corrected chi connectivity index (χ4v) is 1.70. The van der Waals surface area contributed by atoms with Crippen molar-refractivity contribution in [3.05, 3.63) is 33.8 Å². The Hall–Kier alpha value is -0.340. The van der Waals surface area contributed by atoms with E-state index >= 15 is 0 Å². The van der Waals surface area contributed by atoms with Gasteiger partial charge in [-0.2, -0.15) is 0 Å². The maximum atomic E-state index is 5.72. The van der Waals surface area contributed by atoms with Crippen molar-refractivity contribution in [2.24, 2.45) is 5.73 Å². The average molecular weight is 242 g/mol. The normalized spacial score (nSPS) is 12.9. The monoisotopic (exact) mass is 241 g/mol. The van der Waals surface area contributed by atoms with Crippen molar-refractivity contribution < 1.29 is 0 Å². The highest BCUT2D eigenvalue weighted by molar-refractivity contribution is 9.10. The Bertz CT molecular complexity index is 281. The van der Waals surface area contributed by atoms with Gasteiger partial charge < -0.3 is 5.73 Å². The summed E-state index contributed by atoms with van der Waals surface area (Å²) >= 11 is 3.47. The summed E-state index contributed by atoms with van der Waals surface area (Å²) in [6.07, 6.45) is 2.13. The second-order valence-electron chi connectivity index (χ2n) is 3.59. The van der Waals surface area contributed by atoms with Gasteiger partial charge in [-0.05, 0) is 49.9 Å². The molecule has 0 aliphatic heterocycles. The average Bonchev–Trinajstić information content (AvgIpc) is 2.06. The van der Waals surface area contributed by atoms with Gasteiger partial charge in [0.25, 0.3) is 0 Å². The molecule has 0 saturated heterocycles. The van der Waals surface area contributed by atoms with Gasteiger partial charge >= 0.3 is 0 Å². The van der Waals surface area contributed by atoms with Gasteiger partial charge in [-0.25, -0.2) is 0 Å². The molecule has 72 valence electrons. The van der Waals surface area contributed by atoms with E-state index in [9.17, 15) is 0 Å². The summed E-state index contributed by atoms with van der Waals surface area (Å²) in [5.41, 5.74) is 8.46. The van der Waals surface area contributed by atoms with Crippen molar-refractivity contribution in [3.8, 4) is 0 Å². The van der Waals surface area contributed by atoms with E-state index in [1.54, 1.807) is 0 Å². The fourth-order valence-electron chi connectivity index (χ4n) is 1.29. The van der Waals surface area contributed by atoms with E-state index in [0.29, 0.717) is 6.04 Å². The van der Waals surface area contributed by atoms with Crippen molar-refractivity contribution in [2.45, 2.75) is 32.7 Å². The standard InChI is InChI=1S/C11H16BrN/c1-8-3-6-11(12)7-10(8)5-4-9(2)13/h3,6-7,9H,4-5,13H2,1-2H3. The van der Waals surface area contributed by atoms with Crippen LogP contribution in [0.1, 0.15) is 24.5 Å². The first-order chi connectivity index (χ1) is 6.09. The number of hydrogen-bond acceptors (Lipinski definition) is 1. The lowest BCUT2D eigenvalue weighted by atomic mass is 10.0. The molecule has 0 heterocycles. The SMILES string of the molecule is Cc1ccc(Br)cc1CCC(C)N. The Morgan fingerprint density at radius 1 is 1.46 bits per heavy atom. The van der Waals surface area contributed by atoms with E-state index < -0.39 is 0 Å². The Kier molecular flexibility index (Phi) is 3.94. The summed E-state index contributed by atoms with van der Waals surface area (Å²) in [4.78, 5) is 0. The van der Waals surface area contributed by atoms with Crippen LogP contribution in [0.5, 0.6) is 0 Å². The van der Waals surface area contributed by atoms with Gasteiger partial charge in [0.2, 0.25) is 0 Å². The second-order valence-corrected chi connectivity index (χ2v) is 4.50. The fraction of sp³-hybridized carbons (Fsp3) is 0.455. The van der Waals surface area contributed by atoms with Crippen LogP contribution < -0.4 is 5.73 Å². The molecule has 0 bridgehead atoms. The van der Waals surface area contributed by atoms with E-state index in [-0.39, 0.29) is 0 Å². The van der Waals surface area contributed by atoms with Crippen LogP contribution >= 0.6 is 15.9 Å². The van der Waals surface area contributed by atoms with Crippen molar-refractivity contribution >= 4 is 15.9 Å². The van der Waals surface area contributed by atoms with Crippen LogP contribution in [0.3, 0.4) is 0 Å². The number of benzene rings is 1. The topological polar surface area (TPSA) is 26.0 Å². The number of halogens is 1. The zero-order valence-corrected chi connectivity index (χ0v) is 9.76. The molecule has 0 aliphatic carbocycles. The molecule has 1 aromatic carbocycles. The molecule has 2 N–H and O–H groups in total. The quantitative estimate of drug-likeness (QED) is 0.866. The number of hydrogen-bond donors (Lipinski definition) is 1. The Morgan fingerprint density at radius 3 is 2.77 bits per heavy atom. The van der Waals surface area contributed by atoms with E-state index in [1.807, 2.05) is 6.92 Å². The molecular weight excluding hydrogens is 226 g/mol. The molecule has 13 heavy (non-hydrogen) atoms. The van der Waals surface area contributed by atoms with Crippen LogP contribution in [-0.2, 0) is 6.42 Å². The van der Waals surface area contributed by atoms with Gasteiger partial charge in [0.15, 0.2) is 0 Å². The summed E-state index contributed by atoms with van der Waals surface area (Å²) in [6, 6.07) is 6.68. The number of aryl methyl sites for hydroxylation is 2. The second kappa shape index (κ2) is 4.77. The summed E-state index contributed by atoms with van der Waals surface area (Å²) in [7, 11) is 0. The third-order valence-electron chi connectivity index (χ3n) is 2.18. The zero-order valence-electron chi connectivity index (χ0n) is 8.18. The molecule has 0 aromatic heterocycles. The van der Waals surface area contributed by atoms with E-state index in [2.05, 4.69) is 41.1 Å². The predicted molar refractivity (Wildman–Crippen MR) is 60.8 cm³/mol. The molecule has 1 rings (SSSR count). The molecule has 0 radical (unpaired) electrons. The van der Waals surface area contributed by atoms with Gasteiger partial charge in [0.1, 0.15) is 0 Å². The van der Waals surface area contributed by atoms with Crippen molar-refractivity contribution in [3.63, 3.8) is 0 Å². The smallest absolute Gasteiger partial charge is 0.0178 e. The number of rotatable bonds is 3. The van der Waals surface area contributed by atoms with Crippen LogP contribution in [0.15, 0.2) is 22.7 Å². The third kappa shape index (κ3) is 3.49. The first-order valence-corrected chi connectivity index (χ1v) is 5.39. The predicted octanol–water partition coefficient (Wildman–Crippen LogP) is 3.04. The van der Waals surface area contributed by atoms with E-state index in [4.69, 9.17) is 5.73 Å². The molecule has 1 atom stereocenters. The van der Waals surface area contributed by atoms with Gasteiger partial charge in [-0.3, -0.25) is 0 Å². The van der Waals surface area contributed by atoms with E-state index in [1.165, 1.54) is 11.1 Å². The minimum atomic E-state index is 0.290. The van der Waals surface area contributed by atoms with Crippen molar-refractivity contribution in [1.29, 1.82) is 0 Å². The Morgan fingerprint density at radius 2 is 2.15 bits per heavy atom. The third-order valence-corrected chi connectivity index (χ3v) is 2.67. The maximum absolute atomic E-state index is 5.72. The summed E-state index contributed by atoms with van der Waals surface area (Å²) < 4.78 is 1.15. The maximum Gasteiger partial charge on any atom is 0.0178 e. The van der Waals surface area contributed by atoms with Crippen LogP contribution in [0.4, 0.5) is 0 Å². The van der Waals surface area contributed by atoms with Crippen LogP contribution in [-0.4, -0.2) is 6.04 Å². The molecule has 0 amide bonds. The molecule has 0 aliphatic rings.